The van der Waals surface area contributed by atoms with Gasteiger partial charge in [-0.25, -0.2) is 0 Å². The lowest BCUT2D eigenvalue weighted by molar-refractivity contribution is -0.384. The summed E-state index contributed by atoms with van der Waals surface area (Å²) in [6.07, 6.45) is 0. The Balaban J connectivity index is 1.52. The Labute approximate surface area is 199 Å². The molecule has 0 atom stereocenters. The summed E-state index contributed by atoms with van der Waals surface area (Å²) in [7, 11) is -4.52. The molecule has 0 bridgehead atoms. The molecular formula is C24H17N3O7S. The fraction of sp³-hybridized carbons (Fsp3) is 0. The molecule has 3 N–H and O–H groups in total. The quantitative estimate of drug-likeness (QED) is 0.204. The predicted octanol–water partition coefficient (Wildman–Crippen LogP) is 4.50. The molecule has 0 aliphatic carbocycles. The minimum atomic E-state index is -4.52. The molecule has 176 valence electrons. The number of fused-ring (bicyclic) bond motifs is 1. The van der Waals surface area contributed by atoms with E-state index < -0.39 is 26.9 Å². The van der Waals surface area contributed by atoms with Crippen LogP contribution in [0.5, 0.6) is 0 Å². The average Bonchev–Trinajstić information content (AvgIpc) is 2.83. The SMILES string of the molecule is O=C(Nc1ccc(C(=O)Nc2cccc3cccc(S(=O)(=O)O)c23)cc1)c1ccc([N+](=O)[O-])cc1. The number of anilines is 2. The number of nitro groups is 1. The molecule has 0 radical (unpaired) electrons. The minimum Gasteiger partial charge on any atom is -0.322 e. The van der Waals surface area contributed by atoms with Crippen LogP contribution in [0.3, 0.4) is 0 Å². The highest BCUT2D eigenvalue weighted by Gasteiger charge is 2.18. The Bertz CT molecular complexity index is 1560. The van der Waals surface area contributed by atoms with Gasteiger partial charge in [0.25, 0.3) is 27.6 Å². The van der Waals surface area contributed by atoms with Gasteiger partial charge in [0.1, 0.15) is 4.90 Å². The molecule has 0 aromatic heterocycles. The van der Waals surface area contributed by atoms with Crippen molar-refractivity contribution >= 4 is 49.8 Å². The second kappa shape index (κ2) is 9.33. The zero-order valence-electron chi connectivity index (χ0n) is 17.8. The minimum absolute atomic E-state index is 0.133. The second-order valence-corrected chi connectivity index (χ2v) is 8.81. The standard InChI is InChI=1S/C24H17N3O7S/c28-23(17-9-13-19(14-10-17)27(30)31)25-18-11-7-16(8-12-18)24(29)26-20-5-1-3-15-4-2-6-21(22(15)20)35(32,33)34/h1-14H,(H,25,28)(H,26,29)(H,32,33,34). The van der Waals surface area contributed by atoms with Crippen LogP contribution < -0.4 is 10.6 Å². The fourth-order valence-electron chi connectivity index (χ4n) is 3.46. The zero-order chi connectivity index (χ0) is 25.2. The fourth-order valence-corrected chi connectivity index (χ4v) is 4.20. The van der Waals surface area contributed by atoms with Crippen LogP contribution in [0.4, 0.5) is 17.1 Å². The zero-order valence-corrected chi connectivity index (χ0v) is 18.7. The summed E-state index contributed by atoms with van der Waals surface area (Å²) < 4.78 is 33.2. The van der Waals surface area contributed by atoms with Gasteiger partial charge in [0.2, 0.25) is 0 Å². The molecule has 0 unspecified atom stereocenters. The topological polar surface area (TPSA) is 156 Å². The van der Waals surface area contributed by atoms with E-state index in [4.69, 9.17) is 0 Å². The van der Waals surface area contributed by atoms with E-state index in [1.54, 1.807) is 18.2 Å². The van der Waals surface area contributed by atoms with Crippen LogP contribution in [0.25, 0.3) is 10.8 Å². The lowest BCUT2D eigenvalue weighted by atomic mass is 10.1. The van der Waals surface area contributed by atoms with Crippen LogP contribution in [0.15, 0.2) is 89.8 Å². The van der Waals surface area contributed by atoms with E-state index in [9.17, 15) is 32.7 Å². The van der Waals surface area contributed by atoms with E-state index in [0.717, 1.165) is 0 Å². The van der Waals surface area contributed by atoms with E-state index in [1.165, 1.54) is 66.7 Å². The predicted molar refractivity (Wildman–Crippen MR) is 129 cm³/mol. The number of nitrogens with zero attached hydrogens (tertiary/aromatic N) is 1. The first-order valence-electron chi connectivity index (χ1n) is 10.1. The van der Waals surface area contributed by atoms with Crippen molar-refractivity contribution in [2.45, 2.75) is 4.90 Å². The molecule has 0 saturated heterocycles. The molecule has 4 rings (SSSR count). The van der Waals surface area contributed by atoms with E-state index in [0.29, 0.717) is 11.1 Å². The molecule has 0 heterocycles. The third kappa shape index (κ3) is 5.16. The van der Waals surface area contributed by atoms with Gasteiger partial charge in [-0.3, -0.25) is 24.3 Å². The summed E-state index contributed by atoms with van der Waals surface area (Å²) in [5, 5.41) is 16.7. The number of rotatable bonds is 6. The van der Waals surface area contributed by atoms with E-state index in [-0.39, 0.29) is 32.8 Å². The van der Waals surface area contributed by atoms with Gasteiger partial charge in [0, 0.05) is 34.3 Å². The molecule has 0 aliphatic heterocycles. The van der Waals surface area contributed by atoms with Crippen LogP contribution in [0.1, 0.15) is 20.7 Å². The largest absolute Gasteiger partial charge is 0.322 e. The first kappa shape index (κ1) is 23.5. The number of benzene rings is 4. The molecule has 0 spiro atoms. The highest BCUT2D eigenvalue weighted by Crippen LogP contribution is 2.30. The van der Waals surface area contributed by atoms with Gasteiger partial charge in [-0.05, 0) is 53.9 Å². The van der Waals surface area contributed by atoms with Crippen molar-refractivity contribution < 1.29 is 27.5 Å². The maximum Gasteiger partial charge on any atom is 0.295 e. The number of carbonyl (C=O) groups excluding carboxylic acids is 2. The molecule has 0 fully saturated rings. The van der Waals surface area contributed by atoms with Gasteiger partial charge in [0.15, 0.2) is 0 Å². The molecule has 4 aromatic carbocycles. The van der Waals surface area contributed by atoms with E-state index >= 15 is 0 Å². The number of amides is 2. The van der Waals surface area contributed by atoms with Crippen LogP contribution in [0, 0.1) is 10.1 Å². The Morgan fingerprint density at radius 2 is 1.31 bits per heavy atom. The molecule has 35 heavy (non-hydrogen) atoms. The highest BCUT2D eigenvalue weighted by molar-refractivity contribution is 7.86. The third-order valence-corrected chi connectivity index (χ3v) is 6.03. The van der Waals surface area contributed by atoms with Gasteiger partial charge >= 0.3 is 0 Å². The van der Waals surface area contributed by atoms with Crippen molar-refractivity contribution in [1.82, 2.24) is 0 Å². The highest BCUT2D eigenvalue weighted by atomic mass is 32.2. The van der Waals surface area contributed by atoms with Crippen molar-refractivity contribution in [3.8, 4) is 0 Å². The lowest BCUT2D eigenvalue weighted by Crippen LogP contribution is -2.14. The monoisotopic (exact) mass is 491 g/mol. The van der Waals surface area contributed by atoms with Crippen LogP contribution in [-0.2, 0) is 10.1 Å². The summed E-state index contributed by atoms with van der Waals surface area (Å²) in [5.74, 6) is -1.01. The second-order valence-electron chi connectivity index (χ2n) is 7.42. The maximum absolute atomic E-state index is 12.8. The van der Waals surface area contributed by atoms with Crippen molar-refractivity contribution in [1.29, 1.82) is 0 Å². The van der Waals surface area contributed by atoms with Crippen molar-refractivity contribution in [3.63, 3.8) is 0 Å². The van der Waals surface area contributed by atoms with Crippen molar-refractivity contribution in [3.05, 3.63) is 106 Å². The molecule has 11 heteroatoms. The van der Waals surface area contributed by atoms with Gasteiger partial charge in [-0.2, -0.15) is 8.42 Å². The van der Waals surface area contributed by atoms with Gasteiger partial charge in [0.05, 0.1) is 10.6 Å². The lowest BCUT2D eigenvalue weighted by Gasteiger charge is -2.12. The smallest absolute Gasteiger partial charge is 0.295 e. The number of hydrogen-bond donors (Lipinski definition) is 3. The van der Waals surface area contributed by atoms with Gasteiger partial charge in [-0.15, -0.1) is 0 Å². The molecule has 0 aliphatic rings. The number of nitrogens with one attached hydrogen (secondary N) is 2. The van der Waals surface area contributed by atoms with Crippen molar-refractivity contribution in [2.24, 2.45) is 0 Å². The molecule has 2 amide bonds. The van der Waals surface area contributed by atoms with Gasteiger partial charge in [-0.1, -0.05) is 24.3 Å². The first-order chi connectivity index (χ1) is 16.6. The van der Waals surface area contributed by atoms with E-state index in [2.05, 4.69) is 10.6 Å². The summed E-state index contributed by atoms with van der Waals surface area (Å²) in [5.41, 5.74) is 0.925. The number of nitro benzene ring substituents is 1. The molecular weight excluding hydrogens is 474 g/mol. The maximum atomic E-state index is 12.8. The Hall–Kier alpha value is -4.61. The van der Waals surface area contributed by atoms with Crippen LogP contribution >= 0.6 is 0 Å². The molecule has 4 aromatic rings. The normalized spacial score (nSPS) is 11.1. The molecule has 0 saturated carbocycles. The Morgan fingerprint density at radius 3 is 1.89 bits per heavy atom. The third-order valence-electron chi connectivity index (χ3n) is 5.14. The van der Waals surface area contributed by atoms with Crippen LogP contribution in [-0.4, -0.2) is 29.7 Å². The summed E-state index contributed by atoms with van der Waals surface area (Å²) >= 11 is 0. The van der Waals surface area contributed by atoms with Crippen molar-refractivity contribution in [2.75, 3.05) is 10.6 Å². The van der Waals surface area contributed by atoms with Crippen LogP contribution in [0.2, 0.25) is 0 Å². The number of hydrogen-bond acceptors (Lipinski definition) is 6. The number of non-ortho nitro benzene ring substituents is 1. The average molecular weight is 491 g/mol. The Kier molecular flexibility index (Phi) is 6.28. The van der Waals surface area contributed by atoms with Gasteiger partial charge < -0.3 is 10.6 Å². The first-order valence-corrected chi connectivity index (χ1v) is 11.5. The summed E-state index contributed by atoms with van der Waals surface area (Å²) in [6.45, 7) is 0. The molecule has 10 nitrogen and oxygen atoms in total. The summed E-state index contributed by atoms with van der Waals surface area (Å²) in [4.78, 5) is 35.0. The van der Waals surface area contributed by atoms with E-state index in [1.807, 2.05) is 0 Å². The summed E-state index contributed by atoms with van der Waals surface area (Å²) in [6, 6.07) is 20.3. The number of carbonyl (C=O) groups is 2. The Morgan fingerprint density at radius 1 is 0.771 bits per heavy atom.